The third-order valence-electron chi connectivity index (χ3n) is 3.42. The van der Waals surface area contributed by atoms with E-state index in [2.05, 4.69) is 10.2 Å². The second kappa shape index (κ2) is 5.71. The van der Waals surface area contributed by atoms with Gasteiger partial charge in [-0.3, -0.25) is 4.90 Å². The molecule has 1 fully saturated rings. The van der Waals surface area contributed by atoms with Gasteiger partial charge in [0.15, 0.2) is 11.6 Å². The Morgan fingerprint density at radius 2 is 1.94 bits per heavy atom. The first-order valence-corrected chi connectivity index (χ1v) is 6.20. The molecule has 1 atom stereocenters. The predicted octanol–water partition coefficient (Wildman–Crippen LogP) is 2.29. The summed E-state index contributed by atoms with van der Waals surface area (Å²) in [5, 5.41) is 3.24. The lowest BCUT2D eigenvalue weighted by Gasteiger charge is -2.27. The van der Waals surface area contributed by atoms with Gasteiger partial charge in [-0.05, 0) is 25.6 Å². The normalized spacial score (nSPS) is 19.7. The maximum Gasteiger partial charge on any atom is 0.161 e. The predicted molar refractivity (Wildman–Crippen MR) is 63.7 cm³/mol. The van der Waals surface area contributed by atoms with Crippen molar-refractivity contribution in [3.8, 4) is 0 Å². The molecule has 0 amide bonds. The van der Waals surface area contributed by atoms with Gasteiger partial charge in [0, 0.05) is 30.8 Å². The van der Waals surface area contributed by atoms with Crippen LogP contribution in [0.1, 0.15) is 18.9 Å². The van der Waals surface area contributed by atoms with Crippen molar-refractivity contribution in [3.05, 3.63) is 35.1 Å². The van der Waals surface area contributed by atoms with E-state index in [-0.39, 0.29) is 5.56 Å². The van der Waals surface area contributed by atoms with E-state index in [0.717, 1.165) is 32.1 Å². The number of likely N-dealkylation sites (N-methyl/N-ethyl adjacent to an activating group) is 1. The van der Waals surface area contributed by atoms with Crippen LogP contribution in [-0.4, -0.2) is 30.6 Å². The molecular weight excluding hydrogens is 241 g/mol. The van der Waals surface area contributed by atoms with Gasteiger partial charge in [0.1, 0.15) is 5.82 Å². The SMILES string of the molecule is CCN(Cc1cc(F)c(F)cc1F)C1CCNC1. The largest absolute Gasteiger partial charge is 0.315 e. The Morgan fingerprint density at radius 1 is 1.22 bits per heavy atom. The molecule has 100 valence electrons. The molecule has 0 aliphatic carbocycles. The van der Waals surface area contributed by atoms with Gasteiger partial charge in [0.05, 0.1) is 0 Å². The second-order valence-corrected chi connectivity index (χ2v) is 4.57. The molecule has 0 saturated carbocycles. The molecule has 1 saturated heterocycles. The summed E-state index contributed by atoms with van der Waals surface area (Å²) < 4.78 is 39.5. The van der Waals surface area contributed by atoms with Crippen molar-refractivity contribution in [1.29, 1.82) is 0 Å². The van der Waals surface area contributed by atoms with Gasteiger partial charge in [-0.25, -0.2) is 13.2 Å². The van der Waals surface area contributed by atoms with E-state index in [4.69, 9.17) is 0 Å². The highest BCUT2D eigenvalue weighted by atomic mass is 19.2. The lowest BCUT2D eigenvalue weighted by atomic mass is 10.1. The van der Waals surface area contributed by atoms with Gasteiger partial charge in [0.25, 0.3) is 0 Å². The number of rotatable bonds is 4. The summed E-state index contributed by atoms with van der Waals surface area (Å²) in [5.74, 6) is -2.81. The molecule has 0 spiro atoms. The number of hydrogen-bond donors (Lipinski definition) is 1. The van der Waals surface area contributed by atoms with E-state index in [0.29, 0.717) is 18.7 Å². The average Bonchev–Trinajstić information content (AvgIpc) is 2.85. The van der Waals surface area contributed by atoms with Crippen LogP contribution in [0.2, 0.25) is 0 Å². The van der Waals surface area contributed by atoms with Crippen molar-refractivity contribution in [2.75, 3.05) is 19.6 Å². The molecule has 1 unspecified atom stereocenters. The molecule has 0 radical (unpaired) electrons. The van der Waals surface area contributed by atoms with Crippen LogP contribution in [0.5, 0.6) is 0 Å². The van der Waals surface area contributed by atoms with Gasteiger partial charge in [0.2, 0.25) is 0 Å². The zero-order valence-electron chi connectivity index (χ0n) is 10.3. The van der Waals surface area contributed by atoms with Crippen LogP contribution in [0.4, 0.5) is 13.2 Å². The van der Waals surface area contributed by atoms with E-state index in [1.54, 1.807) is 0 Å². The molecule has 1 N–H and O–H groups in total. The molecule has 1 aliphatic rings. The third-order valence-corrected chi connectivity index (χ3v) is 3.42. The number of benzene rings is 1. The fraction of sp³-hybridized carbons (Fsp3) is 0.538. The van der Waals surface area contributed by atoms with Crippen LogP contribution in [0.15, 0.2) is 12.1 Å². The number of nitrogens with one attached hydrogen (secondary N) is 1. The van der Waals surface area contributed by atoms with Crippen molar-refractivity contribution in [2.45, 2.75) is 25.9 Å². The molecule has 1 aliphatic heterocycles. The van der Waals surface area contributed by atoms with E-state index in [1.807, 2.05) is 6.92 Å². The molecule has 1 aromatic rings. The summed E-state index contributed by atoms with van der Waals surface area (Å²) in [7, 11) is 0. The highest BCUT2D eigenvalue weighted by Gasteiger charge is 2.22. The fourth-order valence-corrected chi connectivity index (χ4v) is 2.35. The molecule has 5 heteroatoms. The summed E-state index contributed by atoms with van der Waals surface area (Å²) in [6.07, 6.45) is 0.999. The highest BCUT2D eigenvalue weighted by molar-refractivity contribution is 5.20. The van der Waals surface area contributed by atoms with Gasteiger partial charge < -0.3 is 5.32 Å². The highest BCUT2D eigenvalue weighted by Crippen LogP contribution is 2.18. The number of hydrogen-bond acceptors (Lipinski definition) is 2. The smallest absolute Gasteiger partial charge is 0.161 e. The average molecular weight is 258 g/mol. The monoisotopic (exact) mass is 258 g/mol. The second-order valence-electron chi connectivity index (χ2n) is 4.57. The molecule has 1 aromatic carbocycles. The fourth-order valence-electron chi connectivity index (χ4n) is 2.35. The summed E-state index contributed by atoms with van der Waals surface area (Å²) in [4.78, 5) is 2.08. The third kappa shape index (κ3) is 2.84. The van der Waals surface area contributed by atoms with Gasteiger partial charge in [-0.2, -0.15) is 0 Å². The summed E-state index contributed by atoms with van der Waals surface area (Å²) in [6.45, 7) is 4.85. The van der Waals surface area contributed by atoms with Gasteiger partial charge in [-0.1, -0.05) is 6.92 Å². The van der Waals surface area contributed by atoms with Crippen molar-refractivity contribution >= 4 is 0 Å². The van der Waals surface area contributed by atoms with Gasteiger partial charge >= 0.3 is 0 Å². The van der Waals surface area contributed by atoms with Crippen LogP contribution in [0, 0.1) is 17.5 Å². The summed E-state index contributed by atoms with van der Waals surface area (Å²) >= 11 is 0. The molecular formula is C13H17F3N2. The Labute approximate surface area is 105 Å². The molecule has 1 heterocycles. The van der Waals surface area contributed by atoms with E-state index < -0.39 is 17.5 Å². The van der Waals surface area contributed by atoms with Crippen molar-refractivity contribution in [3.63, 3.8) is 0 Å². The lowest BCUT2D eigenvalue weighted by molar-refractivity contribution is 0.207. The van der Waals surface area contributed by atoms with Crippen molar-refractivity contribution in [1.82, 2.24) is 10.2 Å². The number of halogens is 3. The van der Waals surface area contributed by atoms with E-state index >= 15 is 0 Å². The van der Waals surface area contributed by atoms with Crippen LogP contribution >= 0.6 is 0 Å². The maximum absolute atomic E-state index is 13.6. The van der Waals surface area contributed by atoms with Crippen molar-refractivity contribution in [2.24, 2.45) is 0 Å². The minimum atomic E-state index is -1.14. The van der Waals surface area contributed by atoms with Gasteiger partial charge in [-0.15, -0.1) is 0 Å². The quantitative estimate of drug-likeness (QED) is 0.834. The Bertz CT molecular complexity index is 417. The molecule has 0 aromatic heterocycles. The minimum absolute atomic E-state index is 0.211. The lowest BCUT2D eigenvalue weighted by Crippen LogP contribution is -2.36. The van der Waals surface area contributed by atoms with Crippen LogP contribution in [0.25, 0.3) is 0 Å². The zero-order chi connectivity index (χ0) is 13.1. The van der Waals surface area contributed by atoms with Crippen molar-refractivity contribution < 1.29 is 13.2 Å². The van der Waals surface area contributed by atoms with Crippen LogP contribution in [-0.2, 0) is 6.54 Å². The Kier molecular flexibility index (Phi) is 4.24. The van der Waals surface area contributed by atoms with Crippen LogP contribution in [0.3, 0.4) is 0 Å². The summed E-state index contributed by atoms with van der Waals surface area (Å²) in [5.41, 5.74) is 0.211. The minimum Gasteiger partial charge on any atom is -0.315 e. The van der Waals surface area contributed by atoms with E-state index in [9.17, 15) is 13.2 Å². The molecule has 0 bridgehead atoms. The van der Waals surface area contributed by atoms with E-state index in [1.165, 1.54) is 0 Å². The zero-order valence-corrected chi connectivity index (χ0v) is 10.3. The standard InChI is InChI=1S/C13H17F3N2/c1-2-18(10-3-4-17-7-10)8-9-5-12(15)13(16)6-11(9)14/h5-6,10,17H,2-4,7-8H2,1H3. The Balaban J connectivity index is 2.13. The first kappa shape index (κ1) is 13.4. The molecule has 2 nitrogen and oxygen atoms in total. The first-order chi connectivity index (χ1) is 8.61. The molecule has 2 rings (SSSR count). The number of nitrogens with zero attached hydrogens (tertiary/aromatic N) is 1. The topological polar surface area (TPSA) is 15.3 Å². The van der Waals surface area contributed by atoms with Crippen LogP contribution < -0.4 is 5.32 Å². The Hall–Kier alpha value is -1.07. The first-order valence-electron chi connectivity index (χ1n) is 6.20. The summed E-state index contributed by atoms with van der Waals surface area (Å²) in [6, 6.07) is 1.91. The molecule has 18 heavy (non-hydrogen) atoms. The maximum atomic E-state index is 13.6. The Morgan fingerprint density at radius 3 is 2.56 bits per heavy atom.